The number of anilines is 1. The molecule has 0 unspecified atom stereocenters. The molecule has 0 saturated carbocycles. The van der Waals surface area contributed by atoms with Crippen LogP contribution < -0.4 is 15.8 Å². The molecule has 2 aliphatic rings. The molecule has 1 aromatic heterocycles. The highest BCUT2D eigenvalue weighted by Gasteiger charge is 2.32. The van der Waals surface area contributed by atoms with Crippen molar-refractivity contribution in [1.82, 2.24) is 20.0 Å². The average molecular weight is 307 g/mol. The molecule has 0 bridgehead atoms. The first-order valence-electron chi connectivity index (χ1n) is 8.00. The minimum Gasteiger partial charge on any atom is -0.387 e. The van der Waals surface area contributed by atoms with Crippen molar-refractivity contribution in [2.75, 3.05) is 50.7 Å². The van der Waals surface area contributed by atoms with Gasteiger partial charge in [0.25, 0.3) is 5.56 Å². The van der Waals surface area contributed by atoms with Gasteiger partial charge in [0.15, 0.2) is 0 Å². The molecule has 2 N–H and O–H groups in total. The molecular weight excluding hydrogens is 282 g/mol. The fourth-order valence-electron chi connectivity index (χ4n) is 3.30. The van der Waals surface area contributed by atoms with Crippen molar-refractivity contribution in [3.63, 3.8) is 0 Å². The van der Waals surface area contributed by atoms with Crippen molar-refractivity contribution in [2.24, 2.45) is 7.05 Å². The Bertz CT molecular complexity index is 559. The van der Waals surface area contributed by atoms with Gasteiger partial charge in [0, 0.05) is 52.4 Å². The second kappa shape index (κ2) is 6.36. The van der Waals surface area contributed by atoms with Crippen LogP contribution in [0.25, 0.3) is 0 Å². The van der Waals surface area contributed by atoms with Crippen LogP contribution in [0.5, 0.6) is 0 Å². The standard InChI is InChI=1S/C15H25N5O2/c1-18-14(21)9-13(10-17-18)20-7-5-19(6-8-20)12-15(22)3-2-4-16-11-15/h9-10,16,22H,2-8,11-12H2,1H3/t15-/m0/s1. The van der Waals surface area contributed by atoms with Gasteiger partial charge in [-0.15, -0.1) is 0 Å². The number of aryl methyl sites for hydroxylation is 1. The fourth-order valence-corrected chi connectivity index (χ4v) is 3.30. The van der Waals surface area contributed by atoms with Gasteiger partial charge < -0.3 is 15.3 Å². The summed E-state index contributed by atoms with van der Waals surface area (Å²) in [7, 11) is 1.66. The predicted octanol–water partition coefficient (Wildman–Crippen LogP) is -0.983. The number of hydrogen-bond acceptors (Lipinski definition) is 6. The summed E-state index contributed by atoms with van der Waals surface area (Å²) >= 11 is 0. The molecule has 2 fully saturated rings. The molecule has 7 heteroatoms. The van der Waals surface area contributed by atoms with Crippen LogP contribution in [0.3, 0.4) is 0 Å². The molecule has 7 nitrogen and oxygen atoms in total. The van der Waals surface area contributed by atoms with Crippen molar-refractivity contribution in [1.29, 1.82) is 0 Å². The maximum Gasteiger partial charge on any atom is 0.268 e. The summed E-state index contributed by atoms with van der Waals surface area (Å²) in [6, 6.07) is 1.64. The second-order valence-electron chi connectivity index (χ2n) is 6.44. The summed E-state index contributed by atoms with van der Waals surface area (Å²) in [5.41, 5.74) is 0.216. The van der Waals surface area contributed by atoms with Crippen LogP contribution in [0.4, 0.5) is 5.69 Å². The van der Waals surface area contributed by atoms with Crippen LogP contribution in [-0.2, 0) is 7.05 Å². The lowest BCUT2D eigenvalue weighted by molar-refractivity contribution is -0.0164. The number of nitrogens with zero attached hydrogens (tertiary/aromatic N) is 4. The van der Waals surface area contributed by atoms with E-state index in [0.717, 1.165) is 57.8 Å². The van der Waals surface area contributed by atoms with Gasteiger partial charge in [-0.25, -0.2) is 4.68 Å². The van der Waals surface area contributed by atoms with E-state index in [9.17, 15) is 9.90 Å². The van der Waals surface area contributed by atoms with Crippen molar-refractivity contribution in [2.45, 2.75) is 18.4 Å². The van der Waals surface area contributed by atoms with Gasteiger partial charge in [0.05, 0.1) is 17.5 Å². The van der Waals surface area contributed by atoms with E-state index in [1.165, 1.54) is 4.68 Å². The Labute approximate surface area is 130 Å². The minimum absolute atomic E-state index is 0.0810. The van der Waals surface area contributed by atoms with E-state index in [-0.39, 0.29) is 5.56 Å². The van der Waals surface area contributed by atoms with Crippen molar-refractivity contribution in [3.8, 4) is 0 Å². The summed E-state index contributed by atoms with van der Waals surface area (Å²) in [4.78, 5) is 16.2. The zero-order valence-corrected chi connectivity index (χ0v) is 13.2. The van der Waals surface area contributed by atoms with Crippen LogP contribution in [0.1, 0.15) is 12.8 Å². The molecule has 0 spiro atoms. The number of piperidine rings is 1. The highest BCUT2D eigenvalue weighted by Crippen LogP contribution is 2.19. The lowest BCUT2D eigenvalue weighted by Gasteiger charge is -2.41. The summed E-state index contributed by atoms with van der Waals surface area (Å²) in [6.45, 7) is 5.94. The van der Waals surface area contributed by atoms with Gasteiger partial charge in [0.2, 0.25) is 0 Å². The molecule has 122 valence electrons. The molecule has 0 radical (unpaired) electrons. The molecule has 2 saturated heterocycles. The van der Waals surface area contributed by atoms with Crippen molar-refractivity contribution in [3.05, 3.63) is 22.6 Å². The van der Waals surface area contributed by atoms with Crippen LogP contribution in [-0.4, -0.2) is 71.2 Å². The summed E-state index contributed by atoms with van der Waals surface area (Å²) in [6.07, 6.45) is 3.66. The van der Waals surface area contributed by atoms with Gasteiger partial charge in [0.1, 0.15) is 0 Å². The summed E-state index contributed by atoms with van der Waals surface area (Å²) in [5.74, 6) is 0. The Balaban J connectivity index is 1.55. The summed E-state index contributed by atoms with van der Waals surface area (Å²) < 4.78 is 1.34. The Morgan fingerprint density at radius 1 is 1.36 bits per heavy atom. The number of rotatable bonds is 3. The first-order valence-corrected chi connectivity index (χ1v) is 8.00. The van der Waals surface area contributed by atoms with Gasteiger partial charge in [-0.3, -0.25) is 9.69 Å². The van der Waals surface area contributed by atoms with E-state index in [0.29, 0.717) is 6.54 Å². The van der Waals surface area contributed by atoms with E-state index in [1.54, 1.807) is 19.3 Å². The highest BCUT2D eigenvalue weighted by molar-refractivity contribution is 5.43. The van der Waals surface area contributed by atoms with Crippen LogP contribution in [0.2, 0.25) is 0 Å². The third kappa shape index (κ3) is 3.48. The maximum atomic E-state index is 11.7. The number of nitrogens with one attached hydrogen (secondary N) is 1. The predicted molar refractivity (Wildman–Crippen MR) is 85.2 cm³/mol. The number of aliphatic hydroxyl groups is 1. The molecule has 2 aliphatic heterocycles. The Morgan fingerprint density at radius 2 is 2.14 bits per heavy atom. The second-order valence-corrected chi connectivity index (χ2v) is 6.44. The first kappa shape index (κ1) is 15.5. The van der Waals surface area contributed by atoms with E-state index in [4.69, 9.17) is 0 Å². The molecule has 22 heavy (non-hydrogen) atoms. The molecule has 3 heterocycles. The van der Waals surface area contributed by atoms with Gasteiger partial charge in [-0.05, 0) is 19.4 Å². The van der Waals surface area contributed by atoms with Crippen LogP contribution in [0.15, 0.2) is 17.1 Å². The lowest BCUT2D eigenvalue weighted by atomic mass is 9.93. The van der Waals surface area contributed by atoms with E-state index < -0.39 is 5.60 Å². The molecule has 0 aromatic carbocycles. The number of piperazine rings is 1. The normalized spacial score (nSPS) is 27.1. The molecule has 1 aromatic rings. The third-order valence-electron chi connectivity index (χ3n) is 4.66. The summed E-state index contributed by atoms with van der Waals surface area (Å²) in [5, 5.41) is 18.0. The van der Waals surface area contributed by atoms with Gasteiger partial charge >= 0.3 is 0 Å². The zero-order valence-electron chi connectivity index (χ0n) is 13.2. The smallest absolute Gasteiger partial charge is 0.268 e. The Morgan fingerprint density at radius 3 is 2.77 bits per heavy atom. The lowest BCUT2D eigenvalue weighted by Crippen LogP contribution is -2.56. The molecule has 1 atom stereocenters. The van der Waals surface area contributed by atoms with Crippen LogP contribution in [0, 0.1) is 0 Å². The van der Waals surface area contributed by atoms with E-state index in [2.05, 4.69) is 20.2 Å². The van der Waals surface area contributed by atoms with Crippen molar-refractivity contribution < 1.29 is 5.11 Å². The fraction of sp³-hybridized carbons (Fsp3) is 0.733. The van der Waals surface area contributed by atoms with E-state index in [1.807, 2.05) is 0 Å². The first-order chi connectivity index (χ1) is 10.6. The van der Waals surface area contributed by atoms with Gasteiger partial charge in [-0.2, -0.15) is 5.10 Å². The number of hydrogen-bond donors (Lipinski definition) is 2. The SMILES string of the molecule is Cn1ncc(N2CCN(C[C@]3(O)CCCNC3)CC2)cc1=O. The third-order valence-corrected chi connectivity index (χ3v) is 4.66. The number of β-amino-alcohol motifs (C(OH)–C–C–N with tert-alkyl or cyclic N) is 1. The van der Waals surface area contributed by atoms with Crippen LogP contribution >= 0.6 is 0 Å². The topological polar surface area (TPSA) is 73.6 Å². The van der Waals surface area contributed by atoms with E-state index >= 15 is 0 Å². The molecular formula is C15H25N5O2. The molecule has 0 aliphatic carbocycles. The molecule has 3 rings (SSSR count). The number of aromatic nitrogens is 2. The zero-order chi connectivity index (χ0) is 15.6. The minimum atomic E-state index is -0.593. The quantitative estimate of drug-likeness (QED) is 0.747. The Hall–Kier alpha value is -1.44. The molecule has 0 amide bonds. The van der Waals surface area contributed by atoms with Crippen molar-refractivity contribution >= 4 is 5.69 Å². The average Bonchev–Trinajstić information content (AvgIpc) is 2.51. The Kier molecular flexibility index (Phi) is 4.46. The monoisotopic (exact) mass is 307 g/mol. The van der Waals surface area contributed by atoms with Gasteiger partial charge in [-0.1, -0.05) is 0 Å². The largest absolute Gasteiger partial charge is 0.387 e. The maximum absolute atomic E-state index is 11.7. The highest BCUT2D eigenvalue weighted by atomic mass is 16.3.